The Kier molecular flexibility index (Phi) is 2.15. The standard InChI is InChI=1S/C7H8BNO2S/c1-12(10,11)5-2-3-7(9)6(8)4-5/h2-4H,9H2,1H3. The van der Waals surface area contributed by atoms with Crippen molar-refractivity contribution in [3.8, 4) is 0 Å². The Morgan fingerprint density at radius 1 is 1.42 bits per heavy atom. The maximum atomic E-state index is 11.0. The summed E-state index contributed by atoms with van der Waals surface area (Å²) in [6.07, 6.45) is 1.12. The molecule has 0 saturated heterocycles. The minimum absolute atomic E-state index is 0.189. The van der Waals surface area contributed by atoms with Crippen LogP contribution in [0.3, 0.4) is 0 Å². The van der Waals surface area contributed by atoms with Crippen molar-refractivity contribution in [2.75, 3.05) is 12.0 Å². The Morgan fingerprint density at radius 2 is 2.00 bits per heavy atom. The second-order valence-electron chi connectivity index (χ2n) is 2.56. The van der Waals surface area contributed by atoms with Gasteiger partial charge in [-0.1, -0.05) is 5.46 Å². The van der Waals surface area contributed by atoms with Crippen LogP contribution in [0.25, 0.3) is 0 Å². The summed E-state index contributed by atoms with van der Waals surface area (Å²) in [6, 6.07) is 4.26. The van der Waals surface area contributed by atoms with Crippen LogP contribution in [0.4, 0.5) is 5.69 Å². The van der Waals surface area contributed by atoms with Crippen molar-refractivity contribution in [1.82, 2.24) is 0 Å². The molecule has 0 aliphatic heterocycles. The topological polar surface area (TPSA) is 60.2 Å². The molecule has 0 atom stereocenters. The third-order valence-corrected chi connectivity index (χ3v) is 2.60. The molecule has 0 saturated carbocycles. The van der Waals surface area contributed by atoms with E-state index >= 15 is 0 Å². The molecule has 0 aliphatic carbocycles. The van der Waals surface area contributed by atoms with Gasteiger partial charge in [0.05, 0.1) is 4.90 Å². The molecule has 2 N–H and O–H groups in total. The summed E-state index contributed by atoms with van der Waals surface area (Å²) in [5.41, 5.74) is 6.09. The lowest BCUT2D eigenvalue weighted by molar-refractivity contribution is 0.602. The molecule has 0 aliphatic rings. The van der Waals surface area contributed by atoms with Crippen molar-refractivity contribution in [2.45, 2.75) is 4.90 Å². The number of rotatable bonds is 1. The van der Waals surface area contributed by atoms with E-state index in [9.17, 15) is 8.42 Å². The van der Waals surface area contributed by atoms with Gasteiger partial charge >= 0.3 is 0 Å². The van der Waals surface area contributed by atoms with Crippen molar-refractivity contribution in [1.29, 1.82) is 0 Å². The third kappa shape index (κ3) is 1.79. The van der Waals surface area contributed by atoms with Crippen LogP contribution in [0.15, 0.2) is 23.1 Å². The number of hydrogen-bond acceptors (Lipinski definition) is 3. The Hall–Kier alpha value is -0.965. The molecule has 0 aromatic heterocycles. The largest absolute Gasteiger partial charge is 0.399 e. The molecular weight excluding hydrogens is 173 g/mol. The quantitative estimate of drug-likeness (QED) is 0.467. The molecule has 1 aromatic carbocycles. The van der Waals surface area contributed by atoms with Gasteiger partial charge in [-0.3, -0.25) is 0 Å². The monoisotopic (exact) mass is 181 g/mol. The molecule has 5 heteroatoms. The lowest BCUT2D eigenvalue weighted by atomic mass is 9.95. The van der Waals surface area contributed by atoms with E-state index in [0.717, 1.165) is 6.26 Å². The second-order valence-corrected chi connectivity index (χ2v) is 4.58. The van der Waals surface area contributed by atoms with Gasteiger partial charge in [0.2, 0.25) is 0 Å². The number of hydrogen-bond donors (Lipinski definition) is 1. The molecule has 0 heterocycles. The van der Waals surface area contributed by atoms with Crippen LogP contribution < -0.4 is 11.2 Å². The molecule has 0 fully saturated rings. The van der Waals surface area contributed by atoms with Crippen LogP contribution in [0, 0.1) is 0 Å². The highest BCUT2D eigenvalue weighted by atomic mass is 32.2. The average molecular weight is 181 g/mol. The molecule has 12 heavy (non-hydrogen) atoms. The van der Waals surface area contributed by atoms with Crippen molar-refractivity contribution >= 4 is 28.8 Å². The van der Waals surface area contributed by atoms with E-state index in [0.29, 0.717) is 5.69 Å². The Balaban J connectivity index is 3.33. The highest BCUT2D eigenvalue weighted by Crippen LogP contribution is 2.08. The number of sulfone groups is 1. The van der Waals surface area contributed by atoms with Gasteiger partial charge in [-0.15, -0.1) is 0 Å². The van der Waals surface area contributed by atoms with Gasteiger partial charge in [-0.25, -0.2) is 8.42 Å². The van der Waals surface area contributed by atoms with Crippen LogP contribution in [0.5, 0.6) is 0 Å². The highest BCUT2D eigenvalue weighted by Gasteiger charge is 2.06. The molecule has 62 valence electrons. The molecule has 2 radical (unpaired) electrons. The maximum absolute atomic E-state index is 11.0. The normalized spacial score (nSPS) is 11.4. The number of benzene rings is 1. The van der Waals surface area contributed by atoms with Crippen molar-refractivity contribution in [2.24, 2.45) is 0 Å². The van der Waals surface area contributed by atoms with Crippen molar-refractivity contribution in [3.05, 3.63) is 18.2 Å². The summed E-state index contributed by atoms with van der Waals surface area (Å²) in [5, 5.41) is 0. The van der Waals surface area contributed by atoms with Crippen LogP contribution in [0.1, 0.15) is 0 Å². The van der Waals surface area contributed by atoms with Crippen LogP contribution in [-0.4, -0.2) is 22.5 Å². The van der Waals surface area contributed by atoms with Gasteiger partial charge in [0.1, 0.15) is 7.85 Å². The fraction of sp³-hybridized carbons (Fsp3) is 0.143. The minimum Gasteiger partial charge on any atom is -0.399 e. The van der Waals surface area contributed by atoms with E-state index in [1.807, 2.05) is 0 Å². The number of nitrogen functional groups attached to an aromatic ring is 1. The fourth-order valence-corrected chi connectivity index (χ4v) is 1.44. The van der Waals surface area contributed by atoms with Gasteiger partial charge in [-0.05, 0) is 18.2 Å². The van der Waals surface area contributed by atoms with Crippen molar-refractivity contribution in [3.63, 3.8) is 0 Å². The number of anilines is 1. The summed E-state index contributed by atoms with van der Waals surface area (Å²) >= 11 is 0. The molecule has 0 bridgehead atoms. The van der Waals surface area contributed by atoms with E-state index in [4.69, 9.17) is 13.6 Å². The smallest absolute Gasteiger partial charge is 0.175 e. The van der Waals surface area contributed by atoms with Crippen LogP contribution >= 0.6 is 0 Å². The van der Waals surface area contributed by atoms with E-state index in [1.165, 1.54) is 18.2 Å². The summed E-state index contributed by atoms with van der Waals surface area (Å²) in [5.74, 6) is 0. The van der Waals surface area contributed by atoms with Gasteiger partial charge in [0.25, 0.3) is 0 Å². The van der Waals surface area contributed by atoms with Crippen LogP contribution in [0.2, 0.25) is 0 Å². The summed E-state index contributed by atoms with van der Waals surface area (Å²) < 4.78 is 22.0. The minimum atomic E-state index is -3.18. The molecule has 0 amide bonds. The second kappa shape index (κ2) is 2.82. The van der Waals surface area contributed by atoms with E-state index in [1.54, 1.807) is 0 Å². The van der Waals surface area contributed by atoms with Gasteiger partial charge in [0, 0.05) is 11.9 Å². The molecule has 1 rings (SSSR count). The lowest BCUT2D eigenvalue weighted by Gasteiger charge is -2.02. The Morgan fingerprint density at radius 3 is 2.42 bits per heavy atom. The zero-order chi connectivity index (χ0) is 9.35. The van der Waals surface area contributed by atoms with Crippen molar-refractivity contribution < 1.29 is 8.42 Å². The maximum Gasteiger partial charge on any atom is 0.175 e. The molecule has 0 spiro atoms. The first-order valence-corrected chi connectivity index (χ1v) is 5.15. The SMILES string of the molecule is [B]c1cc(S(C)(=O)=O)ccc1N. The van der Waals surface area contributed by atoms with E-state index in [2.05, 4.69) is 0 Å². The zero-order valence-corrected chi connectivity index (χ0v) is 7.43. The van der Waals surface area contributed by atoms with Gasteiger partial charge in [0.15, 0.2) is 9.84 Å². The third-order valence-electron chi connectivity index (χ3n) is 1.49. The fourth-order valence-electron chi connectivity index (χ4n) is 0.783. The molecule has 3 nitrogen and oxygen atoms in total. The lowest BCUT2D eigenvalue weighted by Crippen LogP contribution is -2.11. The van der Waals surface area contributed by atoms with E-state index in [-0.39, 0.29) is 10.4 Å². The highest BCUT2D eigenvalue weighted by molar-refractivity contribution is 7.90. The van der Waals surface area contributed by atoms with Gasteiger partial charge < -0.3 is 5.73 Å². The predicted molar refractivity (Wildman–Crippen MR) is 49.4 cm³/mol. The van der Waals surface area contributed by atoms with E-state index < -0.39 is 9.84 Å². The van der Waals surface area contributed by atoms with Crippen LogP contribution in [-0.2, 0) is 9.84 Å². The first-order valence-electron chi connectivity index (χ1n) is 3.26. The Bertz CT molecular complexity index is 400. The molecular formula is C7H8BNO2S. The summed E-state index contributed by atoms with van der Waals surface area (Å²) in [7, 11) is 2.25. The average Bonchev–Trinajstić information content (AvgIpc) is 1.92. The summed E-state index contributed by atoms with van der Waals surface area (Å²) in [6.45, 7) is 0. The first kappa shape index (κ1) is 9.13. The first-order chi connectivity index (χ1) is 5.41. The molecule has 0 unspecified atom stereocenters. The van der Waals surface area contributed by atoms with Gasteiger partial charge in [-0.2, -0.15) is 0 Å². The summed E-state index contributed by atoms with van der Waals surface area (Å²) in [4.78, 5) is 0.189. The molecule has 1 aromatic rings. The Labute approximate surface area is 72.9 Å². The number of nitrogens with two attached hydrogens (primary N) is 1. The predicted octanol–water partition coefficient (Wildman–Crippen LogP) is -0.534. The zero-order valence-electron chi connectivity index (χ0n) is 6.61.